The minimum absolute atomic E-state index is 0.0587. The van der Waals surface area contributed by atoms with E-state index in [0.29, 0.717) is 98.5 Å². The number of aromatic nitrogens is 8. The molecule has 566 valence electrons. The predicted molar refractivity (Wildman–Crippen MR) is 411 cm³/mol. The summed E-state index contributed by atoms with van der Waals surface area (Å²) in [6.45, 7) is 7.66. The van der Waals surface area contributed by atoms with Gasteiger partial charge in [0.15, 0.2) is 5.95 Å². The van der Waals surface area contributed by atoms with Gasteiger partial charge in [-0.15, -0.1) is 30.7 Å². The summed E-state index contributed by atoms with van der Waals surface area (Å²) < 4.78 is 46.3. The zero-order valence-electron chi connectivity index (χ0n) is 62.4. The van der Waals surface area contributed by atoms with Gasteiger partial charge in [0.2, 0.25) is 11.9 Å². The average molecular weight is 1490 g/mol. The van der Waals surface area contributed by atoms with Crippen LogP contribution >= 0.6 is 0 Å². The first-order chi connectivity index (χ1) is 50.9. The topological polar surface area (TPSA) is 470 Å². The molecule has 0 radical (unpaired) electrons. The molecule has 11 aromatic rings. The van der Waals surface area contributed by atoms with Crippen LogP contribution in [0.2, 0.25) is 0 Å². The Morgan fingerprint density at radius 1 is 0.486 bits per heavy atom. The van der Waals surface area contributed by atoms with Gasteiger partial charge in [-0.3, -0.25) is 0 Å². The van der Waals surface area contributed by atoms with Crippen molar-refractivity contribution in [1.29, 1.82) is 0 Å². The third-order valence-corrected chi connectivity index (χ3v) is 14.6. The van der Waals surface area contributed by atoms with Crippen LogP contribution in [0, 0.1) is 27.7 Å². The van der Waals surface area contributed by atoms with Gasteiger partial charge in [-0.25, -0.2) is 32.5 Å². The van der Waals surface area contributed by atoms with Crippen molar-refractivity contribution in [3.8, 4) is 40.2 Å². The predicted octanol–water partition coefficient (Wildman–Crippen LogP) is 14.1. The zero-order chi connectivity index (χ0) is 78.9. The highest BCUT2D eigenvalue weighted by Crippen LogP contribution is 2.40. The molecule has 0 spiro atoms. The summed E-state index contributed by atoms with van der Waals surface area (Å²) in [7, 11) is 17.9. The Labute approximate surface area is 619 Å². The fraction of sp³-hybridized carbons (Fsp3) is 0.239. The number of imidazole rings is 4. The first-order valence-corrected chi connectivity index (χ1v) is 33.7. The van der Waals surface area contributed by atoms with E-state index in [9.17, 15) is 18.6 Å². The summed E-state index contributed by atoms with van der Waals surface area (Å²) in [6, 6.07) is 33.9. The Hall–Kier alpha value is -13.4. The number of nitrogens with one attached hydrogen (secondary N) is 3. The Balaban J connectivity index is 0.000000242. The molecular formula is C71H90N24O11S. The number of ether oxygens (including phenoxy) is 4. The van der Waals surface area contributed by atoms with Crippen LogP contribution < -0.4 is 60.7 Å². The molecule has 107 heavy (non-hydrogen) atoms. The zero-order valence-corrected chi connectivity index (χ0v) is 63.2. The van der Waals surface area contributed by atoms with Crippen LogP contribution in [0.3, 0.4) is 0 Å². The van der Waals surface area contributed by atoms with Crippen LogP contribution in [0.25, 0.3) is 0 Å². The van der Waals surface area contributed by atoms with Crippen molar-refractivity contribution in [3.05, 3.63) is 187 Å². The van der Waals surface area contributed by atoms with Crippen LogP contribution in [-0.2, 0) is 28.5 Å². The highest BCUT2D eigenvalue weighted by molar-refractivity contribution is 7.85. The molecule has 0 saturated carbocycles. The lowest BCUT2D eigenvalue weighted by molar-refractivity contribution is -0.657. The number of aryl methyl sites for hydroxylation is 6. The number of nitrogen functional groups attached to an aromatic ring is 3. The van der Waals surface area contributed by atoms with E-state index in [1.54, 1.807) is 126 Å². The number of hydrogen-bond donors (Lipinski definition) is 9. The number of aromatic hydroxyl groups is 3. The van der Waals surface area contributed by atoms with E-state index in [-0.39, 0.29) is 11.5 Å². The number of nitrogens with two attached hydrogens (primary N) is 3. The van der Waals surface area contributed by atoms with Crippen molar-refractivity contribution in [2.45, 2.75) is 27.7 Å². The number of methoxy groups -OCH3 is 4. The SMILES string of the molecule is CN(C)c1cccc(O)c1.COc1cc(N)c(C)cc1N=Nc1ncc[nH]1.COc1cc(N=Nc2ccc(N(C)C)cc2O)c(C)cc1N=Nc1n(C)cc[n+]1C.COc1cc(N=Nc2ccc(N(C)C)cc2O)c(C)cc1N=Nc1ncc[nH]1.COc1ccc(C)c(N)c1.CS(=O)(=O)O[O-].Nc1ncc[nH]1. The number of anilines is 6. The van der Waals surface area contributed by atoms with Crippen molar-refractivity contribution in [2.75, 3.05) is 109 Å². The normalized spacial score (nSPS) is 10.9. The highest BCUT2D eigenvalue weighted by atomic mass is 32.2. The molecule has 36 heteroatoms. The summed E-state index contributed by atoms with van der Waals surface area (Å²) in [5.74, 6) is 4.88. The molecule has 0 aliphatic rings. The Bertz CT molecular complexity index is 4850. The van der Waals surface area contributed by atoms with Gasteiger partial charge in [-0.1, -0.05) is 17.2 Å². The molecule has 12 N–H and O–H groups in total. The number of hydrogen-bond acceptors (Lipinski definition) is 30. The average Bonchev–Trinajstić information content (AvgIpc) is 1.49. The van der Waals surface area contributed by atoms with Crippen molar-refractivity contribution in [1.82, 2.24) is 34.5 Å². The van der Waals surface area contributed by atoms with Gasteiger partial charge in [-0.05, 0) is 111 Å². The Morgan fingerprint density at radius 2 is 0.907 bits per heavy atom. The molecule has 0 aliphatic carbocycles. The van der Waals surface area contributed by atoms with E-state index in [4.69, 9.17) is 46.5 Å². The van der Waals surface area contributed by atoms with Gasteiger partial charge in [0, 0.05) is 155 Å². The molecule has 7 aromatic carbocycles. The lowest BCUT2D eigenvalue weighted by atomic mass is 10.1. The third kappa shape index (κ3) is 27.7. The van der Waals surface area contributed by atoms with E-state index in [1.165, 1.54) is 0 Å². The van der Waals surface area contributed by atoms with Gasteiger partial charge in [0.25, 0.3) is 10.1 Å². The van der Waals surface area contributed by atoms with Crippen molar-refractivity contribution in [3.63, 3.8) is 0 Å². The van der Waals surface area contributed by atoms with E-state index in [1.807, 2.05) is 175 Å². The number of phenols is 3. The maximum absolute atomic E-state index is 10.2. The minimum atomic E-state index is -3.72. The van der Waals surface area contributed by atoms with Gasteiger partial charge in [0.1, 0.15) is 68.7 Å². The fourth-order valence-electron chi connectivity index (χ4n) is 8.36. The number of nitrogens with zero attached hydrogens (tertiary/aromatic N) is 18. The standard InChI is InChI=1S/C21H25N7O2.C19H21N7O2.C11H13N5O.2C8H11NO.C3H5N3.CH4O4S/c1-14-11-18(24-25-21-27(4)9-10-28(21)5)20(30-6)13-17(14)23-22-16-8-7-15(26(2)3)12-19(16)29;1-12-9-16(24-25-19-20-7-8-21-19)18(28-4)11-15(12)23-22-14-6-5-13(26(2)3)10-17(14)27;1-7-5-9(10(17-2)6-8(7)12)15-16-11-13-3-4-14-11;1-6-3-4-7(10-2)5-8(6)9;1-9(2)7-4-3-5-8(10)6-7;4-3-5-1-2-6-3;1-6(3,4)5-2/h7-13H,1-6H3;5-11,27H,1-4H3,(H,20,21);3-6H,12H2,1-2H3,(H,13,14);3-5H,9H2,1-2H3;3-6,10H,1-2H3;1-2H,(H3,4,5,6);2H,1H3. The van der Waals surface area contributed by atoms with Crippen molar-refractivity contribution >= 4 is 102 Å². The van der Waals surface area contributed by atoms with Gasteiger partial charge in [0.05, 0.1) is 72.6 Å². The maximum Gasteiger partial charge on any atom is 0.421 e. The smallest absolute Gasteiger partial charge is 0.421 e. The molecule has 35 nitrogen and oxygen atoms in total. The second kappa shape index (κ2) is 41.7. The molecule has 0 atom stereocenters. The molecule has 11 rings (SSSR count). The maximum atomic E-state index is 10.2. The lowest BCUT2D eigenvalue weighted by Gasteiger charge is -2.12. The van der Waals surface area contributed by atoms with Crippen LogP contribution in [0.4, 0.5) is 92.0 Å². The number of aromatic amines is 3. The molecule has 0 amide bonds. The number of H-pyrrole nitrogens is 3. The van der Waals surface area contributed by atoms with E-state index >= 15 is 0 Å². The summed E-state index contributed by atoms with van der Waals surface area (Å²) in [5, 5.41) is 80.0. The van der Waals surface area contributed by atoms with E-state index in [2.05, 4.69) is 85.4 Å². The van der Waals surface area contributed by atoms with Crippen LogP contribution in [0.1, 0.15) is 22.3 Å². The van der Waals surface area contributed by atoms with Crippen LogP contribution in [0.5, 0.6) is 40.2 Å². The molecule has 4 aromatic heterocycles. The molecule has 0 aliphatic heterocycles. The van der Waals surface area contributed by atoms with Crippen molar-refractivity contribution in [2.24, 2.45) is 65.2 Å². The summed E-state index contributed by atoms with van der Waals surface area (Å²) >= 11 is 0. The number of phenolic OH excluding ortho intramolecular Hbond substituents is 3. The molecule has 4 heterocycles. The molecule has 0 fully saturated rings. The number of benzene rings is 7. The Kier molecular flexibility index (Phi) is 32.8. The van der Waals surface area contributed by atoms with Gasteiger partial charge >= 0.3 is 5.95 Å². The van der Waals surface area contributed by atoms with Gasteiger partial charge in [-0.2, -0.15) is 10.2 Å². The molecule has 0 bridgehead atoms. The van der Waals surface area contributed by atoms with E-state index < -0.39 is 10.1 Å². The Morgan fingerprint density at radius 3 is 1.26 bits per heavy atom. The molecule has 0 saturated heterocycles. The highest BCUT2D eigenvalue weighted by Gasteiger charge is 2.15. The summed E-state index contributed by atoms with van der Waals surface area (Å²) in [5.41, 5.74) is 28.2. The summed E-state index contributed by atoms with van der Waals surface area (Å²) in [4.78, 5) is 25.7. The molecular weight excluding hydrogens is 1400 g/mol. The summed E-state index contributed by atoms with van der Waals surface area (Å²) in [6.07, 6.45) is 14.3. The largest absolute Gasteiger partial charge is 0.707 e. The minimum Gasteiger partial charge on any atom is -0.707 e. The van der Waals surface area contributed by atoms with Gasteiger partial charge < -0.3 is 90.7 Å². The first kappa shape index (κ1) is 84.3. The fourth-order valence-corrected chi connectivity index (χ4v) is 8.36. The lowest BCUT2D eigenvalue weighted by Crippen LogP contribution is -2.25. The van der Waals surface area contributed by atoms with Crippen molar-refractivity contribution < 1.29 is 56.8 Å². The quantitative estimate of drug-likeness (QED) is 0.0127. The number of azo groups is 5. The number of rotatable bonds is 18. The monoisotopic (exact) mass is 1490 g/mol. The third-order valence-electron chi connectivity index (χ3n) is 14.4. The van der Waals surface area contributed by atoms with E-state index in [0.717, 1.165) is 50.8 Å². The van der Waals surface area contributed by atoms with Crippen LogP contribution in [0.15, 0.2) is 216 Å². The first-order valence-electron chi connectivity index (χ1n) is 31.9. The molecule has 0 unspecified atom stereocenters. The second-order valence-electron chi connectivity index (χ2n) is 23.2. The van der Waals surface area contributed by atoms with Crippen LogP contribution in [-0.4, -0.2) is 135 Å². The second-order valence-corrected chi connectivity index (χ2v) is 24.7.